The van der Waals surface area contributed by atoms with E-state index in [1.54, 1.807) is 0 Å². The number of hydrogen-bond donors (Lipinski definition) is 1. The molecule has 0 radical (unpaired) electrons. The summed E-state index contributed by atoms with van der Waals surface area (Å²) < 4.78 is 0. The Kier molecular flexibility index (Phi) is 5.30. The molecule has 2 N–H and O–H groups in total. The average Bonchev–Trinajstić information content (AvgIpc) is 2.41. The Bertz CT molecular complexity index is 276. The molecule has 0 amide bonds. The van der Waals surface area contributed by atoms with Crippen molar-refractivity contribution < 1.29 is 0 Å². The molecule has 0 aromatic rings. The summed E-state index contributed by atoms with van der Waals surface area (Å²) in [5.41, 5.74) is 6.63. The zero-order valence-corrected chi connectivity index (χ0v) is 13.3. The van der Waals surface area contributed by atoms with Crippen LogP contribution >= 0.6 is 0 Å². The lowest BCUT2D eigenvalue weighted by molar-refractivity contribution is -0.0469. The Hall–Kier alpha value is -0.0800. The molecule has 1 saturated carbocycles. The van der Waals surface area contributed by atoms with Crippen LogP contribution in [0, 0.1) is 11.8 Å². The van der Waals surface area contributed by atoms with Crippen molar-refractivity contribution in [2.24, 2.45) is 17.6 Å². The maximum atomic E-state index is 6.32. The first-order chi connectivity index (χ1) is 9.14. The van der Waals surface area contributed by atoms with Crippen molar-refractivity contribution in [2.75, 3.05) is 13.1 Å². The summed E-state index contributed by atoms with van der Waals surface area (Å²) in [5.74, 6) is 1.66. The van der Waals surface area contributed by atoms with E-state index in [0.29, 0.717) is 5.54 Å². The van der Waals surface area contributed by atoms with Crippen LogP contribution in [0.15, 0.2) is 0 Å². The highest BCUT2D eigenvalue weighted by Gasteiger charge is 2.46. The topological polar surface area (TPSA) is 29.3 Å². The third kappa shape index (κ3) is 3.00. The van der Waals surface area contributed by atoms with Gasteiger partial charge in [-0.15, -0.1) is 0 Å². The second kappa shape index (κ2) is 6.58. The van der Waals surface area contributed by atoms with Gasteiger partial charge in [0.05, 0.1) is 0 Å². The van der Waals surface area contributed by atoms with Crippen LogP contribution in [0.1, 0.15) is 72.1 Å². The minimum absolute atomic E-state index is 0.312. The first-order valence-corrected chi connectivity index (χ1v) is 8.61. The zero-order valence-electron chi connectivity index (χ0n) is 13.3. The summed E-state index contributed by atoms with van der Waals surface area (Å²) in [4.78, 5) is 2.86. The zero-order chi connectivity index (χ0) is 13.9. The number of rotatable bonds is 4. The van der Waals surface area contributed by atoms with Gasteiger partial charge in [-0.25, -0.2) is 0 Å². The van der Waals surface area contributed by atoms with Crippen LogP contribution < -0.4 is 5.73 Å². The second-order valence-corrected chi connectivity index (χ2v) is 7.22. The highest BCUT2D eigenvalue weighted by molar-refractivity contribution is 5.02. The molecule has 0 spiro atoms. The number of nitrogens with two attached hydrogens (primary N) is 1. The van der Waals surface area contributed by atoms with E-state index < -0.39 is 0 Å². The van der Waals surface area contributed by atoms with Crippen molar-refractivity contribution in [3.8, 4) is 0 Å². The van der Waals surface area contributed by atoms with Crippen LogP contribution in [0.25, 0.3) is 0 Å². The van der Waals surface area contributed by atoms with Crippen molar-refractivity contribution in [3.05, 3.63) is 0 Å². The number of hydrogen-bond acceptors (Lipinski definition) is 2. The largest absolute Gasteiger partial charge is 0.329 e. The third-order valence-electron chi connectivity index (χ3n) is 5.92. The van der Waals surface area contributed by atoms with E-state index >= 15 is 0 Å². The number of likely N-dealkylation sites (tertiary alicyclic amines) is 1. The maximum absolute atomic E-state index is 6.32. The van der Waals surface area contributed by atoms with Gasteiger partial charge in [-0.2, -0.15) is 0 Å². The third-order valence-corrected chi connectivity index (χ3v) is 5.92. The van der Waals surface area contributed by atoms with Gasteiger partial charge in [0, 0.05) is 18.1 Å². The highest BCUT2D eigenvalue weighted by Crippen LogP contribution is 2.43. The van der Waals surface area contributed by atoms with Crippen molar-refractivity contribution in [1.82, 2.24) is 4.90 Å². The molecule has 2 aliphatic rings. The summed E-state index contributed by atoms with van der Waals surface area (Å²) in [5, 5.41) is 0. The average molecular weight is 266 g/mol. The van der Waals surface area contributed by atoms with Gasteiger partial charge in [-0.3, -0.25) is 4.90 Å². The van der Waals surface area contributed by atoms with Crippen LogP contribution in [0.3, 0.4) is 0 Å². The van der Waals surface area contributed by atoms with Crippen LogP contribution in [0.5, 0.6) is 0 Å². The first kappa shape index (κ1) is 15.3. The van der Waals surface area contributed by atoms with Crippen molar-refractivity contribution in [2.45, 2.75) is 83.7 Å². The number of nitrogens with zero attached hydrogens (tertiary/aromatic N) is 1. The van der Waals surface area contributed by atoms with E-state index in [-0.39, 0.29) is 0 Å². The van der Waals surface area contributed by atoms with Gasteiger partial charge in [-0.05, 0) is 56.9 Å². The van der Waals surface area contributed by atoms with Gasteiger partial charge in [0.1, 0.15) is 0 Å². The predicted molar refractivity (Wildman–Crippen MR) is 83.2 cm³/mol. The molecular weight excluding hydrogens is 232 g/mol. The molecule has 4 unspecified atom stereocenters. The Balaban J connectivity index is 2.17. The molecule has 1 aliphatic heterocycles. The number of piperidine rings is 1. The summed E-state index contributed by atoms with van der Waals surface area (Å²) >= 11 is 0. The second-order valence-electron chi connectivity index (χ2n) is 7.22. The SMILES string of the molecule is CCCC1CCCCN1C1(CN)CCC(C)CC1C. The van der Waals surface area contributed by atoms with Gasteiger partial charge < -0.3 is 5.73 Å². The minimum atomic E-state index is 0.312. The van der Waals surface area contributed by atoms with E-state index in [9.17, 15) is 0 Å². The van der Waals surface area contributed by atoms with Gasteiger partial charge in [0.15, 0.2) is 0 Å². The fraction of sp³-hybridized carbons (Fsp3) is 1.00. The van der Waals surface area contributed by atoms with Crippen LogP contribution in [0.4, 0.5) is 0 Å². The molecule has 2 fully saturated rings. The Labute approximate surface area is 120 Å². The van der Waals surface area contributed by atoms with Gasteiger partial charge in [-0.1, -0.05) is 33.6 Å². The fourth-order valence-electron chi connectivity index (χ4n) is 4.75. The van der Waals surface area contributed by atoms with Gasteiger partial charge in [0.2, 0.25) is 0 Å². The minimum Gasteiger partial charge on any atom is -0.329 e. The van der Waals surface area contributed by atoms with E-state index in [1.807, 2.05) is 0 Å². The molecule has 1 aliphatic carbocycles. The monoisotopic (exact) mass is 266 g/mol. The van der Waals surface area contributed by atoms with Crippen LogP contribution in [-0.2, 0) is 0 Å². The quantitative estimate of drug-likeness (QED) is 0.838. The fourth-order valence-corrected chi connectivity index (χ4v) is 4.75. The van der Waals surface area contributed by atoms with Gasteiger partial charge >= 0.3 is 0 Å². The lowest BCUT2D eigenvalue weighted by atomic mass is 9.67. The maximum Gasteiger partial charge on any atom is 0.0360 e. The standard InChI is InChI=1S/C17H34N2/c1-4-7-16-8-5-6-11-19(16)17(13-18)10-9-14(2)12-15(17)3/h14-16H,4-13,18H2,1-3H3. The van der Waals surface area contributed by atoms with E-state index in [0.717, 1.165) is 24.4 Å². The summed E-state index contributed by atoms with van der Waals surface area (Å²) in [6.07, 6.45) is 10.9. The summed E-state index contributed by atoms with van der Waals surface area (Å²) in [6, 6.07) is 0.804. The molecule has 2 nitrogen and oxygen atoms in total. The van der Waals surface area contributed by atoms with Crippen molar-refractivity contribution >= 4 is 0 Å². The Morgan fingerprint density at radius 2 is 2.00 bits per heavy atom. The molecule has 19 heavy (non-hydrogen) atoms. The Morgan fingerprint density at radius 1 is 1.21 bits per heavy atom. The summed E-state index contributed by atoms with van der Waals surface area (Å²) in [6.45, 7) is 9.35. The summed E-state index contributed by atoms with van der Waals surface area (Å²) in [7, 11) is 0. The molecular formula is C17H34N2. The lowest BCUT2D eigenvalue weighted by Crippen LogP contribution is -2.64. The molecule has 4 atom stereocenters. The van der Waals surface area contributed by atoms with E-state index in [1.165, 1.54) is 57.9 Å². The molecule has 0 bridgehead atoms. The lowest BCUT2D eigenvalue weighted by Gasteiger charge is -2.55. The molecule has 1 saturated heterocycles. The van der Waals surface area contributed by atoms with Crippen molar-refractivity contribution in [1.29, 1.82) is 0 Å². The highest BCUT2D eigenvalue weighted by atomic mass is 15.2. The van der Waals surface area contributed by atoms with E-state index in [2.05, 4.69) is 25.7 Å². The molecule has 1 heterocycles. The molecule has 0 aromatic carbocycles. The van der Waals surface area contributed by atoms with E-state index in [4.69, 9.17) is 5.73 Å². The molecule has 2 heteroatoms. The van der Waals surface area contributed by atoms with Crippen LogP contribution in [-0.4, -0.2) is 29.6 Å². The smallest absolute Gasteiger partial charge is 0.0360 e. The normalized spacial score (nSPS) is 41.4. The predicted octanol–water partition coefficient (Wildman–Crippen LogP) is 3.79. The molecule has 0 aromatic heterocycles. The van der Waals surface area contributed by atoms with Crippen LogP contribution in [0.2, 0.25) is 0 Å². The Morgan fingerprint density at radius 3 is 2.63 bits per heavy atom. The first-order valence-electron chi connectivity index (χ1n) is 8.61. The molecule has 2 rings (SSSR count). The molecule has 112 valence electrons. The van der Waals surface area contributed by atoms with Crippen molar-refractivity contribution in [3.63, 3.8) is 0 Å². The van der Waals surface area contributed by atoms with Gasteiger partial charge in [0.25, 0.3) is 0 Å².